The molecule has 0 radical (unpaired) electrons. The SMILES string of the molecule is C=CCOC(=O)[C@]1(CC=C)CCC[C@H]1N[S+]([O-])C(C)(C)C. The van der Waals surface area contributed by atoms with E-state index >= 15 is 0 Å². The minimum Gasteiger partial charge on any atom is -0.598 e. The van der Waals surface area contributed by atoms with Crippen LogP contribution in [0.15, 0.2) is 25.3 Å². The zero-order valence-corrected chi connectivity index (χ0v) is 14.1. The summed E-state index contributed by atoms with van der Waals surface area (Å²) in [4.78, 5) is 12.5. The lowest BCUT2D eigenvalue weighted by molar-refractivity contribution is -0.155. The molecule has 3 atom stereocenters. The second-order valence-corrected chi connectivity index (χ2v) is 8.48. The van der Waals surface area contributed by atoms with Crippen molar-refractivity contribution in [2.75, 3.05) is 6.61 Å². The van der Waals surface area contributed by atoms with E-state index < -0.39 is 16.8 Å². The molecule has 0 amide bonds. The van der Waals surface area contributed by atoms with Crippen LogP contribution in [-0.2, 0) is 20.9 Å². The molecule has 1 unspecified atom stereocenters. The van der Waals surface area contributed by atoms with Crippen LogP contribution in [0.4, 0.5) is 0 Å². The number of nitrogens with one attached hydrogen (secondary N) is 1. The molecular weight excluding hydrogens is 286 g/mol. The highest BCUT2D eigenvalue weighted by atomic mass is 32.2. The summed E-state index contributed by atoms with van der Waals surface area (Å²) in [5.74, 6) is -0.247. The Morgan fingerprint density at radius 2 is 2.14 bits per heavy atom. The summed E-state index contributed by atoms with van der Waals surface area (Å²) < 4.78 is 20.4. The Bertz CT molecular complexity index is 391. The quantitative estimate of drug-likeness (QED) is 0.446. The lowest BCUT2D eigenvalue weighted by Gasteiger charge is -2.35. The summed E-state index contributed by atoms with van der Waals surface area (Å²) in [7, 11) is 0. The van der Waals surface area contributed by atoms with E-state index in [-0.39, 0.29) is 23.4 Å². The molecule has 0 aromatic rings. The molecule has 0 bridgehead atoms. The summed E-state index contributed by atoms with van der Waals surface area (Å²) in [6, 6.07) is -0.145. The predicted molar refractivity (Wildman–Crippen MR) is 87.1 cm³/mol. The van der Waals surface area contributed by atoms with Gasteiger partial charge in [0.05, 0.1) is 11.5 Å². The molecule has 5 heteroatoms. The van der Waals surface area contributed by atoms with Gasteiger partial charge in [0.15, 0.2) is 0 Å². The number of esters is 1. The molecule has 0 spiro atoms. The molecule has 0 aromatic carbocycles. The van der Waals surface area contributed by atoms with Crippen molar-refractivity contribution in [3.63, 3.8) is 0 Å². The zero-order chi connectivity index (χ0) is 16.1. The Kier molecular flexibility index (Phi) is 6.50. The van der Waals surface area contributed by atoms with Crippen molar-refractivity contribution in [2.45, 2.75) is 57.2 Å². The van der Waals surface area contributed by atoms with E-state index in [2.05, 4.69) is 17.9 Å². The number of ether oxygens (including phenoxy) is 1. The van der Waals surface area contributed by atoms with Gasteiger partial charge < -0.3 is 9.29 Å². The largest absolute Gasteiger partial charge is 0.598 e. The van der Waals surface area contributed by atoms with Gasteiger partial charge in [0.2, 0.25) is 0 Å². The molecule has 0 saturated heterocycles. The van der Waals surface area contributed by atoms with Crippen LogP contribution in [0.25, 0.3) is 0 Å². The summed E-state index contributed by atoms with van der Waals surface area (Å²) in [6.45, 7) is 13.3. The third-order valence-electron chi connectivity index (χ3n) is 3.84. The van der Waals surface area contributed by atoms with E-state index in [0.717, 1.165) is 19.3 Å². The number of allylic oxidation sites excluding steroid dienone is 1. The minimum absolute atomic E-state index is 0.145. The Morgan fingerprint density at radius 3 is 2.67 bits per heavy atom. The van der Waals surface area contributed by atoms with Crippen molar-refractivity contribution in [1.29, 1.82) is 0 Å². The van der Waals surface area contributed by atoms with Crippen LogP contribution < -0.4 is 4.72 Å². The molecule has 0 heterocycles. The molecule has 1 saturated carbocycles. The highest BCUT2D eigenvalue weighted by molar-refractivity contribution is 7.90. The summed E-state index contributed by atoms with van der Waals surface area (Å²) in [5, 5.41) is 0. The summed E-state index contributed by atoms with van der Waals surface area (Å²) in [6.07, 6.45) is 6.30. The predicted octanol–water partition coefficient (Wildman–Crippen LogP) is 2.88. The van der Waals surface area contributed by atoms with Crippen LogP contribution in [0.3, 0.4) is 0 Å². The summed E-state index contributed by atoms with van der Waals surface area (Å²) in [5.41, 5.74) is -0.661. The first-order chi connectivity index (χ1) is 9.78. The van der Waals surface area contributed by atoms with Crippen LogP contribution in [0, 0.1) is 5.41 Å². The first-order valence-corrected chi connectivity index (χ1v) is 8.50. The van der Waals surface area contributed by atoms with Gasteiger partial charge in [0, 0.05) is 11.4 Å². The van der Waals surface area contributed by atoms with E-state index in [1.165, 1.54) is 0 Å². The number of carbonyl (C=O) groups excluding carboxylic acids is 1. The Hall–Kier alpha value is -0.780. The Labute approximate surface area is 131 Å². The van der Waals surface area contributed by atoms with Crippen LogP contribution in [0.1, 0.15) is 46.5 Å². The fraction of sp³-hybridized carbons (Fsp3) is 0.688. The molecule has 4 nitrogen and oxygen atoms in total. The molecule has 0 aliphatic heterocycles. The van der Waals surface area contributed by atoms with Gasteiger partial charge in [0.1, 0.15) is 11.4 Å². The fourth-order valence-electron chi connectivity index (χ4n) is 2.66. The molecule has 120 valence electrons. The standard InChI is InChI=1S/C16H27NO3S/c1-6-10-16(14(18)20-12-7-2)11-8-9-13(16)17-21(19)15(3,4)5/h6-7,13,17H,1-2,8-12H2,3-5H3/t13-,16-,21?/m1/s1. The van der Waals surface area contributed by atoms with Gasteiger partial charge in [-0.15, -0.1) is 11.3 Å². The fourth-order valence-corrected chi connectivity index (χ4v) is 3.61. The van der Waals surface area contributed by atoms with Crippen molar-refractivity contribution >= 4 is 17.3 Å². The van der Waals surface area contributed by atoms with Gasteiger partial charge in [-0.25, -0.2) is 0 Å². The van der Waals surface area contributed by atoms with Gasteiger partial charge in [-0.3, -0.25) is 4.79 Å². The first-order valence-electron chi connectivity index (χ1n) is 7.35. The lowest BCUT2D eigenvalue weighted by atomic mass is 9.79. The maximum atomic E-state index is 12.5. The third kappa shape index (κ3) is 4.34. The maximum absolute atomic E-state index is 12.5. The second kappa shape index (κ2) is 7.47. The first kappa shape index (κ1) is 18.3. The molecule has 21 heavy (non-hydrogen) atoms. The average molecular weight is 313 g/mol. The van der Waals surface area contributed by atoms with Crippen molar-refractivity contribution in [3.8, 4) is 0 Å². The summed E-state index contributed by atoms with van der Waals surface area (Å²) >= 11 is -1.21. The number of hydrogen-bond acceptors (Lipinski definition) is 4. The van der Waals surface area contributed by atoms with Gasteiger partial charge in [-0.1, -0.05) is 25.2 Å². The topological polar surface area (TPSA) is 61.4 Å². The van der Waals surface area contributed by atoms with Gasteiger partial charge in [-0.2, -0.15) is 0 Å². The molecule has 1 aliphatic carbocycles. The van der Waals surface area contributed by atoms with Gasteiger partial charge in [-0.05, 0) is 40.0 Å². The van der Waals surface area contributed by atoms with Crippen LogP contribution in [-0.4, -0.2) is 27.9 Å². The van der Waals surface area contributed by atoms with Crippen LogP contribution >= 0.6 is 0 Å². The van der Waals surface area contributed by atoms with Crippen molar-refractivity contribution < 1.29 is 14.1 Å². The maximum Gasteiger partial charge on any atom is 0.314 e. The highest BCUT2D eigenvalue weighted by Gasteiger charge is 2.51. The van der Waals surface area contributed by atoms with E-state index in [4.69, 9.17) is 4.74 Å². The molecular formula is C16H27NO3S. The van der Waals surface area contributed by atoms with E-state index in [1.54, 1.807) is 12.2 Å². The van der Waals surface area contributed by atoms with Crippen LogP contribution in [0.5, 0.6) is 0 Å². The number of carbonyl (C=O) groups is 1. The zero-order valence-electron chi connectivity index (χ0n) is 13.3. The highest BCUT2D eigenvalue weighted by Crippen LogP contribution is 2.43. The van der Waals surface area contributed by atoms with Crippen molar-refractivity contribution in [3.05, 3.63) is 25.3 Å². The van der Waals surface area contributed by atoms with E-state index in [9.17, 15) is 9.35 Å². The van der Waals surface area contributed by atoms with Crippen molar-refractivity contribution in [2.24, 2.45) is 5.41 Å². The third-order valence-corrected chi connectivity index (χ3v) is 5.45. The van der Waals surface area contributed by atoms with Gasteiger partial charge >= 0.3 is 5.97 Å². The molecule has 1 rings (SSSR count). The molecule has 1 aliphatic rings. The number of hydrogen-bond donors (Lipinski definition) is 1. The monoisotopic (exact) mass is 313 g/mol. The van der Waals surface area contributed by atoms with Crippen molar-refractivity contribution in [1.82, 2.24) is 4.72 Å². The normalized spacial score (nSPS) is 27.1. The van der Waals surface area contributed by atoms with E-state index in [0.29, 0.717) is 6.42 Å². The second-order valence-electron chi connectivity index (χ2n) is 6.48. The minimum atomic E-state index is -1.21. The molecule has 1 fully saturated rings. The van der Waals surface area contributed by atoms with Gasteiger partial charge in [0.25, 0.3) is 0 Å². The molecule has 0 aromatic heterocycles. The van der Waals surface area contributed by atoms with E-state index in [1.807, 2.05) is 20.8 Å². The van der Waals surface area contributed by atoms with Crippen LogP contribution in [0.2, 0.25) is 0 Å². The Morgan fingerprint density at radius 1 is 1.48 bits per heavy atom. The molecule has 1 N–H and O–H groups in total. The lowest BCUT2D eigenvalue weighted by Crippen LogP contribution is -2.52. The number of rotatable bonds is 7. The Balaban J connectivity index is 2.91. The average Bonchev–Trinajstić information content (AvgIpc) is 2.79. The smallest absolute Gasteiger partial charge is 0.314 e.